The van der Waals surface area contributed by atoms with Crippen LogP contribution in [0.5, 0.6) is 0 Å². The Labute approximate surface area is 116 Å². The van der Waals surface area contributed by atoms with Gasteiger partial charge in [-0.3, -0.25) is 4.79 Å². The van der Waals surface area contributed by atoms with Crippen LogP contribution in [0.25, 0.3) is 0 Å². The van der Waals surface area contributed by atoms with E-state index in [2.05, 4.69) is 9.46 Å². The first-order valence-corrected chi connectivity index (χ1v) is 7.33. The molecule has 0 aromatic heterocycles. The molecule has 1 aromatic rings. The topological polar surface area (TPSA) is 110 Å². The zero-order valence-corrected chi connectivity index (χ0v) is 11.6. The standard InChI is InChI=1S/C12H15NO6S/c1-2-19-11(14)7-8-13-20(17,18)10-5-3-9(4-6-10)12(15)16/h3-6,13H,2,7-8H2,1H3,(H,15,16). The van der Waals surface area contributed by atoms with Crippen molar-refractivity contribution in [2.75, 3.05) is 13.2 Å². The van der Waals surface area contributed by atoms with Gasteiger partial charge in [-0.15, -0.1) is 0 Å². The maximum absolute atomic E-state index is 11.8. The van der Waals surface area contributed by atoms with Crippen molar-refractivity contribution in [1.82, 2.24) is 4.72 Å². The summed E-state index contributed by atoms with van der Waals surface area (Å²) < 4.78 is 30.6. The first kappa shape index (κ1) is 16.1. The number of hydrogen-bond acceptors (Lipinski definition) is 5. The van der Waals surface area contributed by atoms with Crippen molar-refractivity contribution < 1.29 is 27.9 Å². The fourth-order valence-electron chi connectivity index (χ4n) is 1.38. The summed E-state index contributed by atoms with van der Waals surface area (Å²) in [4.78, 5) is 21.7. The molecule has 1 rings (SSSR count). The Bertz CT molecular complexity index is 578. The van der Waals surface area contributed by atoms with Crippen molar-refractivity contribution in [1.29, 1.82) is 0 Å². The maximum atomic E-state index is 11.8. The van der Waals surface area contributed by atoms with E-state index < -0.39 is 22.0 Å². The molecule has 0 radical (unpaired) electrons. The predicted octanol–water partition coefficient (Wildman–Crippen LogP) is 0.616. The van der Waals surface area contributed by atoms with E-state index in [9.17, 15) is 18.0 Å². The van der Waals surface area contributed by atoms with Crippen LogP contribution in [0.4, 0.5) is 0 Å². The Morgan fingerprint density at radius 3 is 2.35 bits per heavy atom. The Balaban J connectivity index is 2.64. The third-order valence-electron chi connectivity index (χ3n) is 2.34. The number of carboxylic acids is 1. The quantitative estimate of drug-likeness (QED) is 0.714. The molecule has 1 aromatic carbocycles. The molecule has 0 bridgehead atoms. The van der Waals surface area contributed by atoms with E-state index in [1.54, 1.807) is 6.92 Å². The average Bonchev–Trinajstić information content (AvgIpc) is 2.39. The van der Waals surface area contributed by atoms with Crippen molar-refractivity contribution in [2.24, 2.45) is 0 Å². The van der Waals surface area contributed by atoms with Gasteiger partial charge in [0.2, 0.25) is 10.0 Å². The molecule has 0 aliphatic heterocycles. The SMILES string of the molecule is CCOC(=O)CCNS(=O)(=O)c1ccc(C(=O)O)cc1. The van der Waals surface area contributed by atoms with E-state index in [1.165, 1.54) is 24.3 Å². The molecule has 0 aliphatic rings. The van der Waals surface area contributed by atoms with Crippen LogP contribution < -0.4 is 4.72 Å². The van der Waals surface area contributed by atoms with Crippen LogP contribution in [0.2, 0.25) is 0 Å². The molecule has 0 fully saturated rings. The van der Waals surface area contributed by atoms with E-state index in [-0.39, 0.29) is 30.0 Å². The van der Waals surface area contributed by atoms with E-state index in [0.717, 1.165) is 0 Å². The summed E-state index contributed by atoms with van der Waals surface area (Å²) in [5, 5.41) is 8.72. The van der Waals surface area contributed by atoms with Crippen LogP contribution in [0.3, 0.4) is 0 Å². The van der Waals surface area contributed by atoms with E-state index in [4.69, 9.17) is 5.11 Å². The lowest BCUT2D eigenvalue weighted by Crippen LogP contribution is -2.26. The highest BCUT2D eigenvalue weighted by Gasteiger charge is 2.15. The van der Waals surface area contributed by atoms with Crippen LogP contribution in [0.1, 0.15) is 23.7 Å². The molecule has 110 valence electrons. The molecule has 0 heterocycles. The number of hydrogen-bond donors (Lipinski definition) is 2. The van der Waals surface area contributed by atoms with Crippen LogP contribution >= 0.6 is 0 Å². The first-order valence-electron chi connectivity index (χ1n) is 5.85. The van der Waals surface area contributed by atoms with Crippen molar-refractivity contribution in [3.8, 4) is 0 Å². The molecule has 8 heteroatoms. The Morgan fingerprint density at radius 1 is 1.25 bits per heavy atom. The number of rotatable bonds is 7. The highest BCUT2D eigenvalue weighted by Crippen LogP contribution is 2.10. The lowest BCUT2D eigenvalue weighted by Gasteiger charge is -2.06. The number of aromatic carboxylic acids is 1. The van der Waals surface area contributed by atoms with Gasteiger partial charge >= 0.3 is 11.9 Å². The minimum Gasteiger partial charge on any atom is -0.478 e. The monoisotopic (exact) mass is 301 g/mol. The molecular formula is C12H15NO6S. The summed E-state index contributed by atoms with van der Waals surface area (Å²) in [7, 11) is -3.76. The van der Waals surface area contributed by atoms with Crippen molar-refractivity contribution in [3.05, 3.63) is 29.8 Å². The number of benzene rings is 1. The third-order valence-corrected chi connectivity index (χ3v) is 3.82. The summed E-state index contributed by atoms with van der Waals surface area (Å²) in [5.41, 5.74) is -0.00419. The average molecular weight is 301 g/mol. The number of ether oxygens (including phenoxy) is 1. The van der Waals surface area contributed by atoms with Gasteiger partial charge in [0.05, 0.1) is 23.5 Å². The van der Waals surface area contributed by atoms with Gasteiger partial charge in [-0.1, -0.05) is 0 Å². The van der Waals surface area contributed by atoms with Crippen LogP contribution in [-0.4, -0.2) is 38.6 Å². The minimum absolute atomic E-state index is 0.00419. The Hall–Kier alpha value is -1.93. The van der Waals surface area contributed by atoms with Gasteiger partial charge in [-0.05, 0) is 31.2 Å². The van der Waals surface area contributed by atoms with E-state index >= 15 is 0 Å². The number of sulfonamides is 1. The van der Waals surface area contributed by atoms with Crippen LogP contribution in [0.15, 0.2) is 29.2 Å². The van der Waals surface area contributed by atoms with Crippen LogP contribution in [0, 0.1) is 0 Å². The molecule has 0 saturated carbocycles. The Morgan fingerprint density at radius 2 is 1.85 bits per heavy atom. The molecule has 0 spiro atoms. The highest BCUT2D eigenvalue weighted by atomic mass is 32.2. The first-order chi connectivity index (χ1) is 9.36. The lowest BCUT2D eigenvalue weighted by molar-refractivity contribution is -0.142. The molecule has 0 saturated heterocycles. The number of carbonyl (C=O) groups is 2. The molecule has 2 N–H and O–H groups in total. The number of nitrogens with one attached hydrogen (secondary N) is 1. The lowest BCUT2D eigenvalue weighted by atomic mass is 10.2. The van der Waals surface area contributed by atoms with Crippen molar-refractivity contribution >= 4 is 22.0 Å². The number of carbonyl (C=O) groups excluding carboxylic acids is 1. The normalized spacial score (nSPS) is 11.1. The molecule has 0 amide bonds. The second-order valence-electron chi connectivity index (χ2n) is 3.78. The number of carboxylic acid groups (broad SMARTS) is 1. The fraction of sp³-hybridized carbons (Fsp3) is 0.333. The van der Waals surface area contributed by atoms with Gasteiger partial charge in [-0.25, -0.2) is 17.9 Å². The van der Waals surface area contributed by atoms with Crippen LogP contribution in [-0.2, 0) is 19.6 Å². The minimum atomic E-state index is -3.76. The Kier molecular flexibility index (Phi) is 5.66. The van der Waals surface area contributed by atoms with Gasteiger partial charge in [0.25, 0.3) is 0 Å². The van der Waals surface area contributed by atoms with Crippen molar-refractivity contribution in [3.63, 3.8) is 0 Å². The molecule has 7 nitrogen and oxygen atoms in total. The molecule has 0 unspecified atom stereocenters. The van der Waals surface area contributed by atoms with E-state index in [1.807, 2.05) is 0 Å². The van der Waals surface area contributed by atoms with E-state index in [0.29, 0.717) is 0 Å². The molecule has 0 aliphatic carbocycles. The number of esters is 1. The van der Waals surface area contributed by atoms with Gasteiger partial charge in [0.15, 0.2) is 0 Å². The van der Waals surface area contributed by atoms with Gasteiger partial charge in [-0.2, -0.15) is 0 Å². The maximum Gasteiger partial charge on any atom is 0.335 e. The second kappa shape index (κ2) is 7.01. The summed E-state index contributed by atoms with van der Waals surface area (Å²) in [5.74, 6) is -1.62. The van der Waals surface area contributed by atoms with Gasteiger partial charge in [0.1, 0.15) is 0 Å². The van der Waals surface area contributed by atoms with Crippen molar-refractivity contribution in [2.45, 2.75) is 18.2 Å². The predicted molar refractivity (Wildman–Crippen MR) is 69.8 cm³/mol. The molecule has 0 atom stereocenters. The largest absolute Gasteiger partial charge is 0.478 e. The molecule has 20 heavy (non-hydrogen) atoms. The smallest absolute Gasteiger partial charge is 0.335 e. The zero-order valence-electron chi connectivity index (χ0n) is 10.8. The summed E-state index contributed by atoms with van der Waals surface area (Å²) in [6.45, 7) is 1.82. The summed E-state index contributed by atoms with van der Waals surface area (Å²) >= 11 is 0. The molecular weight excluding hydrogens is 286 g/mol. The van der Waals surface area contributed by atoms with Gasteiger partial charge in [0, 0.05) is 6.54 Å². The summed E-state index contributed by atoms with van der Waals surface area (Å²) in [6, 6.07) is 4.77. The third kappa shape index (κ3) is 4.63. The zero-order chi connectivity index (χ0) is 15.2. The highest BCUT2D eigenvalue weighted by molar-refractivity contribution is 7.89. The fourth-order valence-corrected chi connectivity index (χ4v) is 2.41. The second-order valence-corrected chi connectivity index (χ2v) is 5.55. The van der Waals surface area contributed by atoms with Gasteiger partial charge < -0.3 is 9.84 Å². The summed E-state index contributed by atoms with van der Waals surface area (Å²) in [6.07, 6.45) is -0.0692.